The Balaban J connectivity index is 2.82. The molecule has 3 nitrogen and oxygen atoms in total. The number of hydrogen-bond donors (Lipinski definition) is 1. The van der Waals surface area contributed by atoms with Crippen molar-refractivity contribution in [3.63, 3.8) is 0 Å². The zero-order valence-electron chi connectivity index (χ0n) is 9.53. The second kappa shape index (κ2) is 6.28. The number of aliphatic hydroxyl groups is 1. The maximum absolute atomic E-state index is 13.4. The first-order chi connectivity index (χ1) is 8.10. The lowest BCUT2D eigenvalue weighted by Crippen LogP contribution is -2.29. The predicted octanol–water partition coefficient (Wildman–Crippen LogP) is 1.84. The number of nitrogens with zero attached hydrogens (tertiary/aromatic N) is 2. The normalized spacial score (nSPS) is 12.5. The maximum atomic E-state index is 13.4. The Labute approximate surface area is 98.9 Å². The van der Waals surface area contributed by atoms with Crippen molar-refractivity contribution in [2.75, 3.05) is 19.6 Å². The summed E-state index contributed by atoms with van der Waals surface area (Å²) in [6.07, 6.45) is -1.27. The molecule has 0 aliphatic heterocycles. The highest BCUT2D eigenvalue weighted by Gasteiger charge is 2.19. The van der Waals surface area contributed by atoms with Gasteiger partial charge in [-0.1, -0.05) is 13.0 Å². The SMILES string of the molecule is CCN(CC#N)CC(O)c1c(F)cccc1F. The van der Waals surface area contributed by atoms with Crippen LogP contribution in [0.3, 0.4) is 0 Å². The van der Waals surface area contributed by atoms with Gasteiger partial charge in [-0.15, -0.1) is 0 Å². The van der Waals surface area contributed by atoms with Gasteiger partial charge in [-0.3, -0.25) is 4.90 Å². The van der Waals surface area contributed by atoms with Crippen molar-refractivity contribution in [1.29, 1.82) is 5.26 Å². The van der Waals surface area contributed by atoms with Gasteiger partial charge >= 0.3 is 0 Å². The summed E-state index contributed by atoms with van der Waals surface area (Å²) in [5.41, 5.74) is -0.344. The van der Waals surface area contributed by atoms with Crippen LogP contribution < -0.4 is 0 Å². The van der Waals surface area contributed by atoms with Crippen molar-refractivity contribution < 1.29 is 13.9 Å². The fourth-order valence-corrected chi connectivity index (χ4v) is 1.57. The molecule has 0 aliphatic rings. The molecule has 92 valence electrons. The quantitative estimate of drug-likeness (QED) is 0.799. The molecule has 0 radical (unpaired) electrons. The minimum Gasteiger partial charge on any atom is -0.387 e. The molecule has 0 heterocycles. The van der Waals surface area contributed by atoms with E-state index in [4.69, 9.17) is 5.26 Å². The lowest BCUT2D eigenvalue weighted by atomic mass is 10.1. The number of likely N-dealkylation sites (N-methyl/N-ethyl adjacent to an activating group) is 1. The summed E-state index contributed by atoms with van der Waals surface area (Å²) in [5, 5.41) is 18.3. The zero-order valence-corrected chi connectivity index (χ0v) is 9.53. The van der Waals surface area contributed by atoms with E-state index in [2.05, 4.69) is 0 Å². The van der Waals surface area contributed by atoms with Crippen LogP contribution in [0.5, 0.6) is 0 Å². The van der Waals surface area contributed by atoms with Gasteiger partial charge < -0.3 is 5.11 Å². The molecule has 1 atom stereocenters. The predicted molar refractivity (Wildman–Crippen MR) is 59.0 cm³/mol. The Kier molecular flexibility index (Phi) is 5.01. The van der Waals surface area contributed by atoms with E-state index in [-0.39, 0.29) is 18.7 Å². The van der Waals surface area contributed by atoms with E-state index in [1.165, 1.54) is 6.07 Å². The monoisotopic (exact) mass is 240 g/mol. The Morgan fingerprint density at radius 1 is 1.41 bits per heavy atom. The van der Waals surface area contributed by atoms with Gasteiger partial charge in [-0.2, -0.15) is 5.26 Å². The molecule has 0 fully saturated rings. The van der Waals surface area contributed by atoms with Gasteiger partial charge in [0.15, 0.2) is 0 Å². The van der Waals surface area contributed by atoms with Gasteiger partial charge in [-0.05, 0) is 18.7 Å². The van der Waals surface area contributed by atoms with Crippen LogP contribution in [0.2, 0.25) is 0 Å². The molecule has 0 amide bonds. The van der Waals surface area contributed by atoms with Crippen LogP contribution in [-0.2, 0) is 0 Å². The fourth-order valence-electron chi connectivity index (χ4n) is 1.57. The number of aliphatic hydroxyl groups excluding tert-OH is 1. The van der Waals surface area contributed by atoms with Crippen LogP contribution in [-0.4, -0.2) is 29.6 Å². The molecule has 1 aromatic rings. The highest BCUT2D eigenvalue weighted by molar-refractivity contribution is 5.22. The summed E-state index contributed by atoms with van der Waals surface area (Å²) >= 11 is 0. The van der Waals surface area contributed by atoms with Crippen LogP contribution in [0.1, 0.15) is 18.6 Å². The number of rotatable bonds is 5. The van der Waals surface area contributed by atoms with Gasteiger partial charge in [0.05, 0.1) is 24.3 Å². The third kappa shape index (κ3) is 3.48. The lowest BCUT2D eigenvalue weighted by molar-refractivity contribution is 0.116. The summed E-state index contributed by atoms with van der Waals surface area (Å²) in [4.78, 5) is 1.61. The van der Waals surface area contributed by atoms with Crippen LogP contribution in [0.15, 0.2) is 18.2 Å². The topological polar surface area (TPSA) is 47.3 Å². The Bertz CT molecular complexity index is 397. The average molecular weight is 240 g/mol. The molecule has 0 spiro atoms. The first-order valence-electron chi connectivity index (χ1n) is 5.31. The van der Waals surface area contributed by atoms with E-state index in [0.29, 0.717) is 6.54 Å². The molecule has 0 saturated heterocycles. The Morgan fingerprint density at radius 2 is 2.00 bits per heavy atom. The molecular weight excluding hydrogens is 226 g/mol. The number of hydrogen-bond acceptors (Lipinski definition) is 3. The van der Waals surface area contributed by atoms with Crippen molar-refractivity contribution in [2.45, 2.75) is 13.0 Å². The van der Waals surface area contributed by atoms with E-state index in [9.17, 15) is 13.9 Å². The first kappa shape index (κ1) is 13.6. The van der Waals surface area contributed by atoms with E-state index in [1.807, 2.05) is 13.0 Å². The third-order valence-electron chi connectivity index (χ3n) is 2.51. The van der Waals surface area contributed by atoms with Gasteiger partial charge in [0.25, 0.3) is 0 Å². The minimum absolute atomic E-state index is 0.0297. The molecule has 0 aliphatic carbocycles. The molecular formula is C12H14F2N2O. The highest BCUT2D eigenvalue weighted by Crippen LogP contribution is 2.21. The van der Waals surface area contributed by atoms with Crippen molar-refractivity contribution >= 4 is 0 Å². The number of nitriles is 1. The van der Waals surface area contributed by atoms with E-state index in [0.717, 1.165) is 12.1 Å². The molecule has 17 heavy (non-hydrogen) atoms. The Hall–Kier alpha value is -1.51. The summed E-state index contributed by atoms with van der Waals surface area (Å²) < 4.78 is 26.7. The average Bonchev–Trinajstić information content (AvgIpc) is 2.28. The van der Waals surface area contributed by atoms with E-state index in [1.54, 1.807) is 4.90 Å². The zero-order chi connectivity index (χ0) is 12.8. The Morgan fingerprint density at radius 3 is 2.47 bits per heavy atom. The maximum Gasteiger partial charge on any atom is 0.131 e. The van der Waals surface area contributed by atoms with Gasteiger partial charge in [0.1, 0.15) is 11.6 Å². The van der Waals surface area contributed by atoms with Crippen LogP contribution >= 0.6 is 0 Å². The smallest absolute Gasteiger partial charge is 0.131 e. The van der Waals surface area contributed by atoms with Crippen LogP contribution in [0.25, 0.3) is 0 Å². The summed E-state index contributed by atoms with van der Waals surface area (Å²) in [5.74, 6) is -1.55. The summed E-state index contributed by atoms with van der Waals surface area (Å²) in [6.45, 7) is 2.48. The lowest BCUT2D eigenvalue weighted by Gasteiger charge is -2.21. The molecule has 1 unspecified atom stereocenters. The number of halogens is 2. The largest absolute Gasteiger partial charge is 0.387 e. The van der Waals surface area contributed by atoms with Gasteiger partial charge in [-0.25, -0.2) is 8.78 Å². The molecule has 1 N–H and O–H groups in total. The molecule has 0 saturated carbocycles. The standard InChI is InChI=1S/C12H14F2N2O/c1-2-16(7-6-15)8-11(17)12-9(13)4-3-5-10(12)14/h3-5,11,17H,2,7-8H2,1H3. The second-order valence-electron chi connectivity index (χ2n) is 3.64. The minimum atomic E-state index is -1.27. The molecule has 5 heteroatoms. The number of benzene rings is 1. The molecule has 0 aromatic heterocycles. The van der Waals surface area contributed by atoms with Crippen molar-refractivity contribution in [1.82, 2.24) is 4.90 Å². The highest BCUT2D eigenvalue weighted by atomic mass is 19.1. The van der Waals surface area contributed by atoms with E-state index >= 15 is 0 Å². The van der Waals surface area contributed by atoms with Crippen molar-refractivity contribution in [3.8, 4) is 6.07 Å². The van der Waals surface area contributed by atoms with Crippen molar-refractivity contribution in [2.24, 2.45) is 0 Å². The van der Waals surface area contributed by atoms with Crippen LogP contribution in [0.4, 0.5) is 8.78 Å². The first-order valence-corrected chi connectivity index (χ1v) is 5.31. The van der Waals surface area contributed by atoms with E-state index < -0.39 is 17.7 Å². The molecule has 1 rings (SSSR count). The fraction of sp³-hybridized carbons (Fsp3) is 0.417. The van der Waals surface area contributed by atoms with Crippen molar-refractivity contribution in [3.05, 3.63) is 35.4 Å². The third-order valence-corrected chi connectivity index (χ3v) is 2.51. The summed E-state index contributed by atoms with van der Waals surface area (Å²) in [6, 6.07) is 5.37. The van der Waals surface area contributed by atoms with Crippen LogP contribution in [0, 0.1) is 23.0 Å². The summed E-state index contributed by atoms with van der Waals surface area (Å²) in [7, 11) is 0. The molecule has 0 bridgehead atoms. The van der Waals surface area contributed by atoms with Gasteiger partial charge in [0.2, 0.25) is 0 Å². The van der Waals surface area contributed by atoms with Gasteiger partial charge in [0, 0.05) is 6.54 Å². The second-order valence-corrected chi connectivity index (χ2v) is 3.64. The molecule has 1 aromatic carbocycles.